The molecule has 1 nitrogen and oxygen atoms in total. The Balaban J connectivity index is 0.000000490. The molecule has 1 unspecified atom stereocenters. The van der Waals surface area contributed by atoms with Gasteiger partial charge in [0.15, 0.2) is 0 Å². The molecular formula is C6H14KN. The van der Waals surface area contributed by atoms with Gasteiger partial charge in [-0.25, -0.2) is 0 Å². The van der Waals surface area contributed by atoms with Gasteiger partial charge in [-0.1, -0.05) is 0 Å². The third-order valence-corrected chi connectivity index (χ3v) is 1.89. The van der Waals surface area contributed by atoms with Crippen LogP contribution in [0.25, 0.3) is 0 Å². The van der Waals surface area contributed by atoms with Gasteiger partial charge in [-0.2, -0.15) is 0 Å². The van der Waals surface area contributed by atoms with Gasteiger partial charge in [0, 0.05) is 6.04 Å². The van der Waals surface area contributed by atoms with Crippen LogP contribution >= 0.6 is 0 Å². The third kappa shape index (κ3) is 2.46. The van der Waals surface area contributed by atoms with Crippen LogP contribution in [0.15, 0.2) is 0 Å². The molecule has 44 valence electrons. The van der Waals surface area contributed by atoms with E-state index in [2.05, 4.69) is 18.9 Å². The Labute approximate surface area is 94.2 Å². The molecule has 0 amide bonds. The van der Waals surface area contributed by atoms with Gasteiger partial charge in [-0.3, -0.25) is 0 Å². The quantitative estimate of drug-likeness (QED) is 0.441. The van der Waals surface area contributed by atoms with Crippen molar-refractivity contribution >= 4 is 51.4 Å². The zero-order valence-corrected chi connectivity index (χ0v) is 5.15. The van der Waals surface area contributed by atoms with Crippen molar-refractivity contribution in [2.45, 2.75) is 25.8 Å². The van der Waals surface area contributed by atoms with E-state index in [0.717, 1.165) is 6.04 Å². The van der Waals surface area contributed by atoms with Crippen LogP contribution in [0, 0.1) is 0 Å². The molecule has 1 atom stereocenters. The fourth-order valence-electron chi connectivity index (χ4n) is 1.08. The van der Waals surface area contributed by atoms with Crippen molar-refractivity contribution in [2.24, 2.45) is 0 Å². The predicted molar refractivity (Wildman–Crippen MR) is 38.5 cm³/mol. The van der Waals surface area contributed by atoms with Crippen LogP contribution in [0.4, 0.5) is 0 Å². The van der Waals surface area contributed by atoms with Crippen LogP contribution in [-0.4, -0.2) is 75.9 Å². The molecule has 0 aromatic heterocycles. The van der Waals surface area contributed by atoms with Gasteiger partial charge >= 0.3 is 51.4 Å². The van der Waals surface area contributed by atoms with Crippen LogP contribution in [0.1, 0.15) is 19.8 Å². The average Bonchev–Trinajstić information content (AvgIpc) is 1.91. The van der Waals surface area contributed by atoms with Gasteiger partial charge in [0.2, 0.25) is 0 Å². The first-order valence-corrected chi connectivity index (χ1v) is 3.01. The van der Waals surface area contributed by atoms with E-state index in [1.807, 2.05) is 0 Å². The van der Waals surface area contributed by atoms with Crippen molar-refractivity contribution in [3.05, 3.63) is 0 Å². The fourth-order valence-corrected chi connectivity index (χ4v) is 1.08. The molecule has 0 spiro atoms. The number of nitrogens with zero attached hydrogens (tertiary/aromatic N) is 1. The summed E-state index contributed by atoms with van der Waals surface area (Å²) in [7, 11) is 2.19. The molecule has 1 aliphatic rings. The van der Waals surface area contributed by atoms with Crippen molar-refractivity contribution in [1.29, 1.82) is 0 Å². The van der Waals surface area contributed by atoms with Crippen LogP contribution < -0.4 is 0 Å². The van der Waals surface area contributed by atoms with E-state index in [0.29, 0.717) is 0 Å². The van der Waals surface area contributed by atoms with E-state index < -0.39 is 0 Å². The molecule has 0 bridgehead atoms. The molecule has 1 heterocycles. The van der Waals surface area contributed by atoms with Crippen molar-refractivity contribution in [2.75, 3.05) is 13.6 Å². The van der Waals surface area contributed by atoms with E-state index in [4.69, 9.17) is 0 Å². The molecule has 0 radical (unpaired) electrons. The van der Waals surface area contributed by atoms with E-state index in [1.165, 1.54) is 19.4 Å². The van der Waals surface area contributed by atoms with Crippen molar-refractivity contribution in [1.82, 2.24) is 4.90 Å². The summed E-state index contributed by atoms with van der Waals surface area (Å²) >= 11 is 0. The standard InChI is InChI=1S/C6H13N.K.H/c1-6-4-3-5-7(6)2;;/h6H,3-5H2,1-2H3;;. The Bertz CT molecular complexity index is 57.5. The third-order valence-electron chi connectivity index (χ3n) is 1.89. The second-order valence-corrected chi connectivity index (χ2v) is 2.47. The molecule has 0 aromatic rings. The van der Waals surface area contributed by atoms with E-state index >= 15 is 0 Å². The molecule has 8 heavy (non-hydrogen) atoms. The van der Waals surface area contributed by atoms with Crippen LogP contribution in [0.3, 0.4) is 0 Å². The average molecular weight is 139 g/mol. The monoisotopic (exact) mass is 139 g/mol. The number of rotatable bonds is 0. The number of hydrogen-bond acceptors (Lipinski definition) is 1. The second-order valence-electron chi connectivity index (χ2n) is 2.47. The van der Waals surface area contributed by atoms with E-state index in [9.17, 15) is 0 Å². The molecule has 0 N–H and O–H groups in total. The molecule has 2 heteroatoms. The van der Waals surface area contributed by atoms with Crippen molar-refractivity contribution < 1.29 is 0 Å². The number of hydrogen-bond donors (Lipinski definition) is 0. The zero-order chi connectivity index (χ0) is 5.28. The summed E-state index contributed by atoms with van der Waals surface area (Å²) in [6, 6.07) is 0.847. The minimum atomic E-state index is 0. The van der Waals surface area contributed by atoms with Crippen LogP contribution in [-0.2, 0) is 0 Å². The van der Waals surface area contributed by atoms with Gasteiger partial charge in [0.25, 0.3) is 0 Å². The van der Waals surface area contributed by atoms with Gasteiger partial charge in [0.1, 0.15) is 0 Å². The SMILES string of the molecule is CC1CCCN1C.[KH]. The molecule has 0 aliphatic carbocycles. The number of likely N-dealkylation sites (tertiary alicyclic amines) is 1. The van der Waals surface area contributed by atoms with Crippen molar-refractivity contribution in [3.63, 3.8) is 0 Å². The van der Waals surface area contributed by atoms with Gasteiger partial charge in [0.05, 0.1) is 0 Å². The molecular weight excluding hydrogens is 125 g/mol. The van der Waals surface area contributed by atoms with E-state index in [1.54, 1.807) is 0 Å². The molecule has 1 fully saturated rings. The molecule has 1 saturated heterocycles. The summed E-state index contributed by atoms with van der Waals surface area (Å²) in [5, 5.41) is 0. The Morgan fingerprint density at radius 1 is 1.50 bits per heavy atom. The van der Waals surface area contributed by atoms with E-state index in [-0.39, 0.29) is 51.4 Å². The molecule has 0 saturated carbocycles. The summed E-state index contributed by atoms with van der Waals surface area (Å²) in [6.07, 6.45) is 2.80. The van der Waals surface area contributed by atoms with Crippen LogP contribution in [0.5, 0.6) is 0 Å². The Morgan fingerprint density at radius 3 is 2.25 bits per heavy atom. The predicted octanol–water partition coefficient (Wildman–Crippen LogP) is 0.452. The normalized spacial score (nSPS) is 30.0. The Morgan fingerprint density at radius 2 is 2.12 bits per heavy atom. The van der Waals surface area contributed by atoms with Crippen LogP contribution in [0.2, 0.25) is 0 Å². The summed E-state index contributed by atoms with van der Waals surface area (Å²) in [6.45, 7) is 3.59. The second kappa shape index (κ2) is 4.42. The van der Waals surface area contributed by atoms with Gasteiger partial charge in [-0.15, -0.1) is 0 Å². The topological polar surface area (TPSA) is 3.24 Å². The fraction of sp³-hybridized carbons (Fsp3) is 1.00. The molecule has 0 aromatic carbocycles. The minimum absolute atomic E-state index is 0. The Hall–Kier alpha value is 1.60. The van der Waals surface area contributed by atoms with Gasteiger partial charge < -0.3 is 4.90 Å². The summed E-state index contributed by atoms with van der Waals surface area (Å²) < 4.78 is 0. The van der Waals surface area contributed by atoms with Crippen molar-refractivity contribution in [3.8, 4) is 0 Å². The maximum absolute atomic E-state index is 2.40. The first kappa shape index (κ1) is 9.60. The summed E-state index contributed by atoms with van der Waals surface area (Å²) in [5.41, 5.74) is 0. The Kier molecular flexibility index (Phi) is 5.30. The molecule has 1 aliphatic heterocycles. The maximum atomic E-state index is 2.40. The molecule has 1 rings (SSSR count). The zero-order valence-electron chi connectivity index (χ0n) is 5.15. The summed E-state index contributed by atoms with van der Waals surface area (Å²) in [4.78, 5) is 2.40. The summed E-state index contributed by atoms with van der Waals surface area (Å²) in [5.74, 6) is 0. The first-order valence-electron chi connectivity index (χ1n) is 3.01. The van der Waals surface area contributed by atoms with Gasteiger partial charge in [-0.05, 0) is 33.4 Å². The first-order chi connectivity index (χ1) is 3.30.